The summed E-state index contributed by atoms with van der Waals surface area (Å²) in [5, 5.41) is 22.1. The zero-order valence-corrected chi connectivity index (χ0v) is 17.9. The van der Waals surface area contributed by atoms with Gasteiger partial charge in [-0.1, -0.05) is 24.8 Å². The van der Waals surface area contributed by atoms with E-state index in [0.29, 0.717) is 30.8 Å². The molecule has 1 fully saturated rings. The molecule has 158 valence electrons. The molecule has 0 amide bonds. The Hall–Kier alpha value is -2.38. The first-order valence-electron chi connectivity index (χ1n) is 9.91. The van der Waals surface area contributed by atoms with E-state index in [9.17, 15) is 10.2 Å². The van der Waals surface area contributed by atoms with E-state index in [1.165, 1.54) is 4.70 Å². The van der Waals surface area contributed by atoms with Crippen LogP contribution in [0.3, 0.4) is 0 Å². The van der Waals surface area contributed by atoms with Crippen molar-refractivity contribution in [1.29, 1.82) is 0 Å². The van der Waals surface area contributed by atoms with Gasteiger partial charge in [-0.15, -0.1) is 11.3 Å². The topological polar surface area (TPSA) is 68.2 Å². The number of hydrogen-bond donors (Lipinski definition) is 2. The molecule has 1 saturated heterocycles. The molecule has 0 unspecified atom stereocenters. The first kappa shape index (κ1) is 20.9. The highest BCUT2D eigenvalue weighted by Gasteiger charge is 2.31. The van der Waals surface area contributed by atoms with Crippen molar-refractivity contribution in [3.8, 4) is 11.5 Å². The molecular formula is C24H26O5S. The first-order chi connectivity index (χ1) is 14.5. The molecular weight excluding hydrogens is 400 g/mol. The lowest BCUT2D eigenvalue weighted by Gasteiger charge is -2.33. The van der Waals surface area contributed by atoms with E-state index in [0.717, 1.165) is 21.4 Å². The second-order valence-electron chi connectivity index (χ2n) is 7.57. The molecule has 2 N–H and O–H groups in total. The minimum Gasteiger partial charge on any atom is -0.507 e. The average Bonchev–Trinajstić information content (AvgIpc) is 3.17. The Morgan fingerprint density at radius 1 is 1.20 bits per heavy atom. The smallest absolute Gasteiger partial charge is 0.130 e. The van der Waals surface area contributed by atoms with Gasteiger partial charge in [0.25, 0.3) is 0 Å². The van der Waals surface area contributed by atoms with Gasteiger partial charge in [-0.05, 0) is 29.2 Å². The molecule has 1 aromatic heterocycles. The average molecular weight is 427 g/mol. The van der Waals surface area contributed by atoms with E-state index < -0.39 is 12.2 Å². The number of benzene rings is 2. The van der Waals surface area contributed by atoms with Crippen molar-refractivity contribution in [3.05, 3.63) is 65.0 Å². The summed E-state index contributed by atoms with van der Waals surface area (Å²) in [4.78, 5) is 1.04. The molecule has 6 heteroatoms. The van der Waals surface area contributed by atoms with Crippen LogP contribution >= 0.6 is 11.3 Å². The van der Waals surface area contributed by atoms with Crippen LogP contribution in [0.25, 0.3) is 15.7 Å². The maximum Gasteiger partial charge on any atom is 0.130 e. The SMILES string of the molecule is C=C(c1cc2ccccc2s1)c1cc([C@H]2C[C@@H](O)C[C@@H](COC)O2)c(O)cc1OC. The van der Waals surface area contributed by atoms with Crippen molar-refractivity contribution in [2.75, 3.05) is 20.8 Å². The Morgan fingerprint density at radius 3 is 2.73 bits per heavy atom. The second kappa shape index (κ2) is 8.78. The number of thiophene rings is 1. The first-order valence-corrected chi connectivity index (χ1v) is 10.7. The summed E-state index contributed by atoms with van der Waals surface area (Å²) >= 11 is 1.67. The molecule has 5 nitrogen and oxygen atoms in total. The number of phenols is 1. The minimum absolute atomic E-state index is 0.0787. The third kappa shape index (κ3) is 4.09. The van der Waals surface area contributed by atoms with Gasteiger partial charge < -0.3 is 24.4 Å². The Morgan fingerprint density at radius 2 is 2.00 bits per heavy atom. The van der Waals surface area contributed by atoms with Crippen LogP contribution in [0.5, 0.6) is 11.5 Å². The third-order valence-corrected chi connectivity index (χ3v) is 6.65. The number of phenolic OH excluding ortho intramolecular Hbond substituents is 1. The van der Waals surface area contributed by atoms with Crippen molar-refractivity contribution in [3.63, 3.8) is 0 Å². The number of aliphatic hydroxyl groups is 1. The molecule has 1 aliphatic rings. The monoisotopic (exact) mass is 426 g/mol. The maximum absolute atomic E-state index is 10.7. The van der Waals surface area contributed by atoms with E-state index >= 15 is 0 Å². The van der Waals surface area contributed by atoms with Gasteiger partial charge in [0.1, 0.15) is 11.5 Å². The number of aromatic hydroxyl groups is 1. The molecule has 2 heterocycles. The van der Waals surface area contributed by atoms with E-state index in [2.05, 4.69) is 24.8 Å². The fourth-order valence-corrected chi connectivity index (χ4v) is 5.04. The lowest BCUT2D eigenvalue weighted by Crippen LogP contribution is -2.34. The molecule has 0 radical (unpaired) electrons. The summed E-state index contributed by atoms with van der Waals surface area (Å²) in [5.41, 5.74) is 2.23. The summed E-state index contributed by atoms with van der Waals surface area (Å²) in [6.45, 7) is 4.71. The number of hydrogen-bond acceptors (Lipinski definition) is 6. The number of ether oxygens (including phenoxy) is 3. The molecule has 1 aliphatic heterocycles. The van der Waals surface area contributed by atoms with Gasteiger partial charge in [0, 0.05) is 46.7 Å². The highest BCUT2D eigenvalue weighted by molar-refractivity contribution is 7.20. The van der Waals surface area contributed by atoms with Gasteiger partial charge in [0.15, 0.2) is 0 Å². The van der Waals surface area contributed by atoms with Crippen LogP contribution in [0.15, 0.2) is 49.0 Å². The molecule has 0 saturated carbocycles. The molecule has 3 atom stereocenters. The van der Waals surface area contributed by atoms with E-state index in [4.69, 9.17) is 14.2 Å². The van der Waals surface area contributed by atoms with Crippen LogP contribution in [-0.2, 0) is 9.47 Å². The standard InChI is InChI=1S/C24H26O5S/c1-14(24-8-15-6-4-5-7-23(15)30-24)18-11-19(20(26)12-21(18)28-3)22-10-16(25)9-17(29-22)13-27-2/h4-8,11-12,16-17,22,25-26H,1,9-10,13H2,2-3H3/t16-,17-,22+/m0/s1. The molecule has 2 aromatic carbocycles. The Balaban J connectivity index is 1.72. The predicted molar refractivity (Wildman–Crippen MR) is 119 cm³/mol. The van der Waals surface area contributed by atoms with Crippen molar-refractivity contribution in [2.24, 2.45) is 0 Å². The Bertz CT molecular complexity index is 1020. The van der Waals surface area contributed by atoms with Crippen molar-refractivity contribution >= 4 is 27.0 Å². The van der Waals surface area contributed by atoms with Gasteiger partial charge in [0.2, 0.25) is 0 Å². The number of aliphatic hydroxyl groups excluding tert-OH is 1. The normalized spacial score (nSPS) is 21.6. The summed E-state index contributed by atoms with van der Waals surface area (Å²) in [6, 6.07) is 13.8. The van der Waals surface area contributed by atoms with Crippen LogP contribution in [0, 0.1) is 0 Å². The largest absolute Gasteiger partial charge is 0.507 e. The third-order valence-electron chi connectivity index (χ3n) is 5.47. The quantitative estimate of drug-likeness (QED) is 0.587. The van der Waals surface area contributed by atoms with Crippen molar-refractivity contribution in [1.82, 2.24) is 0 Å². The van der Waals surface area contributed by atoms with Gasteiger partial charge in [-0.3, -0.25) is 0 Å². The second-order valence-corrected chi connectivity index (χ2v) is 8.65. The molecule has 0 bridgehead atoms. The zero-order valence-electron chi connectivity index (χ0n) is 17.1. The van der Waals surface area contributed by atoms with E-state index in [-0.39, 0.29) is 11.9 Å². The zero-order chi connectivity index (χ0) is 21.3. The molecule has 4 rings (SSSR count). The highest BCUT2D eigenvalue weighted by Crippen LogP contribution is 2.43. The van der Waals surface area contributed by atoms with E-state index in [1.54, 1.807) is 31.6 Å². The van der Waals surface area contributed by atoms with Crippen LogP contribution in [0.4, 0.5) is 0 Å². The lowest BCUT2D eigenvalue weighted by atomic mass is 9.92. The predicted octanol–water partition coefficient (Wildman–Crippen LogP) is 4.90. The fourth-order valence-electron chi connectivity index (χ4n) is 4.00. The molecule has 0 aliphatic carbocycles. The van der Waals surface area contributed by atoms with Gasteiger partial charge in [-0.25, -0.2) is 0 Å². The van der Waals surface area contributed by atoms with Crippen LogP contribution < -0.4 is 4.74 Å². The van der Waals surface area contributed by atoms with Crippen molar-refractivity contribution < 1.29 is 24.4 Å². The Kier molecular flexibility index (Phi) is 6.11. The maximum atomic E-state index is 10.7. The summed E-state index contributed by atoms with van der Waals surface area (Å²) in [7, 11) is 3.18. The lowest BCUT2D eigenvalue weighted by molar-refractivity contribution is -0.119. The molecule has 3 aromatic rings. The molecule has 0 spiro atoms. The summed E-state index contributed by atoms with van der Waals surface area (Å²) in [5.74, 6) is 0.624. The number of fused-ring (bicyclic) bond motifs is 1. The minimum atomic E-state index is -0.514. The van der Waals surface area contributed by atoms with Crippen LogP contribution in [0.2, 0.25) is 0 Å². The Labute approximate surface area is 180 Å². The van der Waals surface area contributed by atoms with E-state index in [1.807, 2.05) is 18.2 Å². The van der Waals surface area contributed by atoms with Gasteiger partial charge in [-0.2, -0.15) is 0 Å². The highest BCUT2D eigenvalue weighted by atomic mass is 32.1. The van der Waals surface area contributed by atoms with Crippen LogP contribution in [0.1, 0.15) is 34.9 Å². The summed E-state index contributed by atoms with van der Waals surface area (Å²) < 4.78 is 18.0. The van der Waals surface area contributed by atoms with Crippen LogP contribution in [-0.4, -0.2) is 43.2 Å². The number of rotatable bonds is 6. The fraction of sp³-hybridized carbons (Fsp3) is 0.333. The van der Waals surface area contributed by atoms with Gasteiger partial charge >= 0.3 is 0 Å². The number of methoxy groups -OCH3 is 2. The van der Waals surface area contributed by atoms with Gasteiger partial charge in [0.05, 0.1) is 32.0 Å². The summed E-state index contributed by atoms with van der Waals surface area (Å²) in [6.07, 6.45) is -0.245. The molecule has 30 heavy (non-hydrogen) atoms. The van der Waals surface area contributed by atoms with Crippen molar-refractivity contribution in [2.45, 2.75) is 31.2 Å².